The van der Waals surface area contributed by atoms with E-state index in [9.17, 15) is 9.59 Å². The smallest absolute Gasteiger partial charge is 0.331 e. The molecule has 0 saturated carbocycles. The molecule has 0 aliphatic rings. The molecular formula is C18H24O5. The van der Waals surface area contributed by atoms with Crippen molar-refractivity contribution >= 4 is 18.0 Å². The van der Waals surface area contributed by atoms with Gasteiger partial charge in [0.25, 0.3) is 0 Å². The molecule has 5 heteroatoms. The number of carboxylic acids is 1. The standard InChI is InChI=1S/C18H24O5/c1-4-7-17(19)23-15-9-8-13(11-14(6-3)18(20)21)12-16(15)22-10-5-2/h8-9,11-12H,4-7,10H2,1-3H3,(H,20,21)/b14-11+. The summed E-state index contributed by atoms with van der Waals surface area (Å²) in [7, 11) is 0. The number of carbonyl (C=O) groups excluding carboxylic acids is 1. The van der Waals surface area contributed by atoms with Crippen LogP contribution in [0.1, 0.15) is 52.0 Å². The molecule has 23 heavy (non-hydrogen) atoms. The van der Waals surface area contributed by atoms with Crippen molar-refractivity contribution < 1.29 is 24.2 Å². The maximum Gasteiger partial charge on any atom is 0.331 e. The summed E-state index contributed by atoms with van der Waals surface area (Å²) in [5.74, 6) is -0.438. The number of carboxylic acid groups (broad SMARTS) is 1. The molecule has 0 aromatic heterocycles. The molecule has 0 radical (unpaired) electrons. The first-order valence-electron chi connectivity index (χ1n) is 7.93. The average molecular weight is 320 g/mol. The van der Waals surface area contributed by atoms with E-state index in [-0.39, 0.29) is 5.97 Å². The van der Waals surface area contributed by atoms with Crippen molar-refractivity contribution in [1.82, 2.24) is 0 Å². The van der Waals surface area contributed by atoms with Crippen LogP contribution in [0.4, 0.5) is 0 Å². The van der Waals surface area contributed by atoms with Crippen LogP contribution in [0.25, 0.3) is 6.08 Å². The fourth-order valence-electron chi connectivity index (χ4n) is 1.92. The lowest BCUT2D eigenvalue weighted by molar-refractivity contribution is -0.134. The zero-order chi connectivity index (χ0) is 17.2. The summed E-state index contributed by atoms with van der Waals surface area (Å²) in [5, 5.41) is 9.11. The molecule has 1 aromatic rings. The van der Waals surface area contributed by atoms with E-state index in [1.807, 2.05) is 13.8 Å². The fraction of sp³-hybridized carbons (Fsp3) is 0.444. The molecule has 0 aliphatic heterocycles. The van der Waals surface area contributed by atoms with E-state index in [0.29, 0.717) is 48.5 Å². The number of esters is 1. The molecule has 0 unspecified atom stereocenters. The van der Waals surface area contributed by atoms with E-state index in [1.54, 1.807) is 31.2 Å². The van der Waals surface area contributed by atoms with Crippen LogP contribution in [0.5, 0.6) is 11.5 Å². The van der Waals surface area contributed by atoms with Crippen LogP contribution >= 0.6 is 0 Å². The van der Waals surface area contributed by atoms with Crippen LogP contribution in [0.2, 0.25) is 0 Å². The predicted molar refractivity (Wildman–Crippen MR) is 88.7 cm³/mol. The second-order valence-corrected chi connectivity index (χ2v) is 5.11. The van der Waals surface area contributed by atoms with Crippen molar-refractivity contribution in [2.45, 2.75) is 46.5 Å². The highest BCUT2D eigenvalue weighted by Gasteiger charge is 2.12. The van der Waals surface area contributed by atoms with Crippen molar-refractivity contribution in [2.24, 2.45) is 0 Å². The lowest BCUT2D eigenvalue weighted by Gasteiger charge is -2.12. The topological polar surface area (TPSA) is 72.8 Å². The normalized spacial score (nSPS) is 11.2. The molecule has 0 spiro atoms. The number of carbonyl (C=O) groups is 2. The van der Waals surface area contributed by atoms with Crippen molar-refractivity contribution in [3.8, 4) is 11.5 Å². The third-order valence-corrected chi connectivity index (χ3v) is 3.10. The Morgan fingerprint density at radius 3 is 2.43 bits per heavy atom. The molecule has 0 saturated heterocycles. The third kappa shape index (κ3) is 6.14. The summed E-state index contributed by atoms with van der Waals surface area (Å²) in [6, 6.07) is 5.05. The van der Waals surface area contributed by atoms with E-state index in [4.69, 9.17) is 14.6 Å². The number of hydrogen-bond acceptors (Lipinski definition) is 4. The molecule has 0 heterocycles. The van der Waals surface area contributed by atoms with Gasteiger partial charge < -0.3 is 14.6 Å². The van der Waals surface area contributed by atoms with E-state index < -0.39 is 5.97 Å². The number of aliphatic carboxylic acids is 1. The SMILES string of the molecule is CCCOc1cc(/C=C(\CC)C(=O)O)ccc1OC(=O)CCC. The number of rotatable bonds is 9. The van der Waals surface area contributed by atoms with Crippen LogP contribution in [0, 0.1) is 0 Å². The zero-order valence-corrected chi connectivity index (χ0v) is 13.9. The Labute approximate surface area is 136 Å². The number of benzene rings is 1. The summed E-state index contributed by atoms with van der Waals surface area (Å²) in [6.45, 7) is 6.16. The average Bonchev–Trinajstić information content (AvgIpc) is 2.52. The molecule has 1 N–H and O–H groups in total. The molecule has 5 nitrogen and oxygen atoms in total. The van der Waals surface area contributed by atoms with Gasteiger partial charge in [-0.2, -0.15) is 0 Å². The van der Waals surface area contributed by atoms with Gasteiger partial charge in [-0.15, -0.1) is 0 Å². The summed E-state index contributed by atoms with van der Waals surface area (Å²) in [4.78, 5) is 22.8. The van der Waals surface area contributed by atoms with Crippen molar-refractivity contribution in [1.29, 1.82) is 0 Å². The predicted octanol–water partition coefficient (Wildman–Crippen LogP) is 4.06. The van der Waals surface area contributed by atoms with E-state index in [1.165, 1.54) is 0 Å². The molecular weight excluding hydrogens is 296 g/mol. The van der Waals surface area contributed by atoms with Gasteiger partial charge in [0, 0.05) is 12.0 Å². The Morgan fingerprint density at radius 1 is 1.13 bits per heavy atom. The minimum atomic E-state index is -0.943. The molecule has 126 valence electrons. The quantitative estimate of drug-likeness (QED) is 0.422. The van der Waals surface area contributed by atoms with Crippen LogP contribution in [0.15, 0.2) is 23.8 Å². The number of hydrogen-bond donors (Lipinski definition) is 1. The molecule has 0 atom stereocenters. The maximum absolute atomic E-state index is 11.7. The second kappa shape index (κ2) is 9.66. The van der Waals surface area contributed by atoms with Gasteiger partial charge in [0.05, 0.1) is 6.61 Å². The van der Waals surface area contributed by atoms with Crippen molar-refractivity contribution in [3.63, 3.8) is 0 Å². The van der Waals surface area contributed by atoms with Gasteiger partial charge in [0.15, 0.2) is 11.5 Å². The summed E-state index contributed by atoms with van der Waals surface area (Å²) in [6.07, 6.45) is 3.89. The Kier molecular flexibility index (Phi) is 7.88. The van der Waals surface area contributed by atoms with Gasteiger partial charge >= 0.3 is 11.9 Å². The first kappa shape index (κ1) is 18.7. The molecule has 0 amide bonds. The largest absolute Gasteiger partial charge is 0.490 e. The first-order valence-corrected chi connectivity index (χ1v) is 7.93. The fourth-order valence-corrected chi connectivity index (χ4v) is 1.92. The highest BCUT2D eigenvalue weighted by molar-refractivity contribution is 5.92. The lowest BCUT2D eigenvalue weighted by atomic mass is 10.1. The van der Waals surface area contributed by atoms with Gasteiger partial charge in [0.1, 0.15) is 0 Å². The van der Waals surface area contributed by atoms with Gasteiger partial charge in [-0.1, -0.05) is 26.8 Å². The van der Waals surface area contributed by atoms with E-state index >= 15 is 0 Å². The van der Waals surface area contributed by atoms with Gasteiger partial charge in [0.2, 0.25) is 0 Å². The van der Waals surface area contributed by atoms with Gasteiger partial charge in [-0.05, 0) is 43.0 Å². The summed E-state index contributed by atoms with van der Waals surface area (Å²) < 4.78 is 10.9. The second-order valence-electron chi connectivity index (χ2n) is 5.11. The minimum Gasteiger partial charge on any atom is -0.490 e. The highest BCUT2D eigenvalue weighted by atomic mass is 16.6. The first-order chi connectivity index (χ1) is 11.0. The Hall–Kier alpha value is -2.30. The Bertz CT molecular complexity index is 575. The Morgan fingerprint density at radius 2 is 1.87 bits per heavy atom. The molecule has 0 bridgehead atoms. The van der Waals surface area contributed by atoms with Crippen molar-refractivity contribution in [3.05, 3.63) is 29.3 Å². The van der Waals surface area contributed by atoms with Crippen LogP contribution in [-0.2, 0) is 9.59 Å². The maximum atomic E-state index is 11.7. The lowest BCUT2D eigenvalue weighted by Crippen LogP contribution is -2.08. The van der Waals surface area contributed by atoms with Crippen LogP contribution in [-0.4, -0.2) is 23.7 Å². The summed E-state index contributed by atoms with van der Waals surface area (Å²) in [5.41, 5.74) is 1.01. The minimum absolute atomic E-state index is 0.308. The van der Waals surface area contributed by atoms with Gasteiger partial charge in [-0.25, -0.2) is 4.79 Å². The van der Waals surface area contributed by atoms with Crippen molar-refractivity contribution in [2.75, 3.05) is 6.61 Å². The van der Waals surface area contributed by atoms with E-state index in [0.717, 1.165) is 6.42 Å². The number of ether oxygens (including phenoxy) is 2. The monoisotopic (exact) mass is 320 g/mol. The van der Waals surface area contributed by atoms with Crippen LogP contribution < -0.4 is 9.47 Å². The van der Waals surface area contributed by atoms with Crippen LogP contribution in [0.3, 0.4) is 0 Å². The summed E-state index contributed by atoms with van der Waals surface area (Å²) >= 11 is 0. The molecule has 1 rings (SSSR count). The molecule has 0 aliphatic carbocycles. The van der Waals surface area contributed by atoms with E-state index in [2.05, 4.69) is 0 Å². The third-order valence-electron chi connectivity index (χ3n) is 3.10. The molecule has 0 fully saturated rings. The Balaban J connectivity index is 3.09. The van der Waals surface area contributed by atoms with Gasteiger partial charge in [-0.3, -0.25) is 4.79 Å². The molecule has 1 aromatic carbocycles. The highest BCUT2D eigenvalue weighted by Crippen LogP contribution is 2.30. The zero-order valence-electron chi connectivity index (χ0n) is 13.9.